The zero-order chi connectivity index (χ0) is 11.2. The summed E-state index contributed by atoms with van der Waals surface area (Å²) in [6.45, 7) is 1.73. The topological polar surface area (TPSA) is 97.8 Å². The number of nitrogens with one attached hydrogen (secondary N) is 1. The van der Waals surface area contributed by atoms with Gasteiger partial charge in [0.1, 0.15) is 11.5 Å². The number of aromatic amines is 1. The summed E-state index contributed by atoms with van der Waals surface area (Å²) < 4.78 is 0.491. The maximum atomic E-state index is 10.8. The van der Waals surface area contributed by atoms with E-state index in [4.69, 9.17) is 5.73 Å². The molecule has 0 aliphatic carbocycles. The fourth-order valence-corrected chi connectivity index (χ4v) is 1.84. The number of nitro benzene ring substituents is 1. The first-order chi connectivity index (χ1) is 7.00. The second-order valence-electron chi connectivity index (χ2n) is 3.10. The van der Waals surface area contributed by atoms with Gasteiger partial charge in [0, 0.05) is 4.47 Å². The lowest BCUT2D eigenvalue weighted by Gasteiger charge is -2.00. The number of H-pyrrole nitrogens is 1. The number of anilines is 1. The van der Waals surface area contributed by atoms with Gasteiger partial charge in [-0.15, -0.1) is 0 Å². The zero-order valence-electron chi connectivity index (χ0n) is 7.74. The minimum absolute atomic E-state index is 0.0963. The Balaban J connectivity index is 2.94. The van der Waals surface area contributed by atoms with Crippen LogP contribution in [-0.2, 0) is 0 Å². The molecule has 0 saturated heterocycles. The Labute approximate surface area is 92.8 Å². The molecule has 0 aliphatic heterocycles. The molecule has 0 saturated carbocycles. The molecule has 78 valence electrons. The normalized spacial score (nSPS) is 10.8. The Morgan fingerprint density at radius 1 is 1.67 bits per heavy atom. The van der Waals surface area contributed by atoms with Crippen LogP contribution in [0, 0.1) is 17.0 Å². The predicted molar refractivity (Wildman–Crippen MR) is 59.6 cm³/mol. The standard InChI is InChI=1S/C8H7BrN4O2/c1-3-11-5-2-4(9)6(10)8(13(14)15)7(5)12-3/h2H,10H2,1H3,(H,11,12). The van der Waals surface area contributed by atoms with Crippen molar-refractivity contribution in [1.29, 1.82) is 0 Å². The molecule has 6 nitrogen and oxygen atoms in total. The third kappa shape index (κ3) is 1.44. The summed E-state index contributed by atoms with van der Waals surface area (Å²) >= 11 is 3.17. The molecule has 2 rings (SSSR count). The first-order valence-electron chi connectivity index (χ1n) is 4.09. The number of nitrogen functional groups attached to an aromatic ring is 1. The Bertz CT molecular complexity index is 563. The molecule has 2 aromatic rings. The van der Waals surface area contributed by atoms with Gasteiger partial charge in [-0.1, -0.05) is 0 Å². The van der Waals surface area contributed by atoms with Crippen LogP contribution in [0.15, 0.2) is 10.5 Å². The summed E-state index contributed by atoms with van der Waals surface area (Å²) in [7, 11) is 0. The molecule has 1 heterocycles. The van der Waals surface area contributed by atoms with E-state index in [-0.39, 0.29) is 11.4 Å². The van der Waals surface area contributed by atoms with E-state index in [1.807, 2.05) is 0 Å². The van der Waals surface area contributed by atoms with Crippen molar-refractivity contribution in [3.05, 3.63) is 26.5 Å². The average molecular weight is 271 g/mol. The van der Waals surface area contributed by atoms with E-state index in [1.165, 1.54) is 0 Å². The van der Waals surface area contributed by atoms with E-state index >= 15 is 0 Å². The fraction of sp³-hybridized carbons (Fsp3) is 0.125. The average Bonchev–Trinajstić information content (AvgIpc) is 2.46. The largest absolute Gasteiger partial charge is 0.392 e. The van der Waals surface area contributed by atoms with Gasteiger partial charge in [-0.05, 0) is 28.9 Å². The summed E-state index contributed by atoms with van der Waals surface area (Å²) in [5.41, 5.74) is 6.44. The molecule has 1 aromatic heterocycles. The summed E-state index contributed by atoms with van der Waals surface area (Å²) in [6.07, 6.45) is 0. The number of fused-ring (bicyclic) bond motifs is 1. The number of aryl methyl sites for hydroxylation is 1. The van der Waals surface area contributed by atoms with Gasteiger partial charge < -0.3 is 10.7 Å². The lowest BCUT2D eigenvalue weighted by Crippen LogP contribution is -1.97. The molecule has 0 amide bonds. The SMILES string of the molecule is Cc1nc2c([N+](=O)[O-])c(N)c(Br)cc2[nH]1. The van der Waals surface area contributed by atoms with Crippen LogP contribution < -0.4 is 5.73 Å². The van der Waals surface area contributed by atoms with Gasteiger partial charge in [0.05, 0.1) is 10.4 Å². The molecular formula is C8H7BrN4O2. The molecule has 3 N–H and O–H groups in total. The number of rotatable bonds is 1. The van der Waals surface area contributed by atoms with Gasteiger partial charge in [-0.3, -0.25) is 10.1 Å². The van der Waals surface area contributed by atoms with Gasteiger partial charge in [0.2, 0.25) is 0 Å². The molecule has 0 atom stereocenters. The molecule has 15 heavy (non-hydrogen) atoms. The maximum absolute atomic E-state index is 10.8. The van der Waals surface area contributed by atoms with Gasteiger partial charge in [0.15, 0.2) is 5.52 Å². The fourth-order valence-electron chi connectivity index (χ4n) is 1.42. The van der Waals surface area contributed by atoms with Crippen LogP contribution in [0.1, 0.15) is 5.82 Å². The molecule has 0 unspecified atom stereocenters. The second kappa shape index (κ2) is 3.20. The number of benzene rings is 1. The highest BCUT2D eigenvalue weighted by Crippen LogP contribution is 2.36. The molecular weight excluding hydrogens is 264 g/mol. The van der Waals surface area contributed by atoms with Crippen molar-refractivity contribution < 1.29 is 4.92 Å². The Morgan fingerprint density at radius 3 is 2.93 bits per heavy atom. The summed E-state index contributed by atoms with van der Waals surface area (Å²) in [6, 6.07) is 1.68. The summed E-state index contributed by atoms with van der Waals surface area (Å²) in [5, 5.41) is 10.8. The number of nitro groups is 1. The van der Waals surface area contributed by atoms with E-state index < -0.39 is 4.92 Å². The first-order valence-corrected chi connectivity index (χ1v) is 4.88. The van der Waals surface area contributed by atoms with E-state index in [0.29, 0.717) is 21.3 Å². The highest BCUT2D eigenvalue weighted by molar-refractivity contribution is 9.10. The first kappa shape index (κ1) is 9.91. The van der Waals surface area contributed by atoms with E-state index in [2.05, 4.69) is 25.9 Å². The molecule has 0 spiro atoms. The highest BCUT2D eigenvalue weighted by Gasteiger charge is 2.22. The molecule has 0 fully saturated rings. The van der Waals surface area contributed by atoms with Crippen LogP contribution in [0.25, 0.3) is 11.0 Å². The monoisotopic (exact) mass is 270 g/mol. The maximum Gasteiger partial charge on any atom is 0.320 e. The number of aromatic nitrogens is 2. The third-order valence-corrected chi connectivity index (χ3v) is 2.70. The van der Waals surface area contributed by atoms with Crippen LogP contribution in [0.2, 0.25) is 0 Å². The van der Waals surface area contributed by atoms with Crippen LogP contribution >= 0.6 is 15.9 Å². The van der Waals surface area contributed by atoms with Crippen molar-refractivity contribution in [2.75, 3.05) is 5.73 Å². The third-order valence-electron chi connectivity index (χ3n) is 2.04. The number of hydrogen-bond donors (Lipinski definition) is 2. The Hall–Kier alpha value is -1.63. The Kier molecular flexibility index (Phi) is 2.11. The van der Waals surface area contributed by atoms with Gasteiger partial charge in [0.25, 0.3) is 0 Å². The smallest absolute Gasteiger partial charge is 0.320 e. The van der Waals surface area contributed by atoms with E-state index in [9.17, 15) is 10.1 Å². The van der Waals surface area contributed by atoms with Crippen molar-refractivity contribution in [1.82, 2.24) is 9.97 Å². The van der Waals surface area contributed by atoms with Crippen molar-refractivity contribution >= 4 is 38.3 Å². The molecule has 0 bridgehead atoms. The minimum atomic E-state index is -0.525. The number of imidazole rings is 1. The predicted octanol–water partition coefficient (Wildman–Crippen LogP) is 2.12. The summed E-state index contributed by atoms with van der Waals surface area (Å²) in [5.74, 6) is 0.616. The van der Waals surface area contributed by atoms with Gasteiger partial charge in [-0.25, -0.2) is 4.98 Å². The lowest BCUT2D eigenvalue weighted by molar-refractivity contribution is -0.382. The molecule has 0 radical (unpaired) electrons. The van der Waals surface area contributed by atoms with Crippen LogP contribution in [0.4, 0.5) is 11.4 Å². The molecule has 0 aliphatic rings. The minimum Gasteiger partial charge on any atom is -0.392 e. The van der Waals surface area contributed by atoms with Crippen LogP contribution in [0.5, 0.6) is 0 Å². The van der Waals surface area contributed by atoms with Crippen molar-refractivity contribution in [3.63, 3.8) is 0 Å². The van der Waals surface area contributed by atoms with Crippen molar-refractivity contribution in [2.45, 2.75) is 6.92 Å². The molecule has 7 heteroatoms. The van der Waals surface area contributed by atoms with Crippen molar-refractivity contribution in [3.8, 4) is 0 Å². The number of hydrogen-bond acceptors (Lipinski definition) is 4. The molecule has 1 aromatic carbocycles. The second-order valence-corrected chi connectivity index (χ2v) is 3.95. The quantitative estimate of drug-likeness (QED) is 0.471. The number of nitrogens with zero attached hydrogens (tertiary/aromatic N) is 2. The van der Waals surface area contributed by atoms with E-state index in [1.54, 1.807) is 13.0 Å². The summed E-state index contributed by atoms with van der Waals surface area (Å²) in [4.78, 5) is 17.3. The van der Waals surface area contributed by atoms with Crippen LogP contribution in [0.3, 0.4) is 0 Å². The van der Waals surface area contributed by atoms with E-state index in [0.717, 1.165) is 0 Å². The van der Waals surface area contributed by atoms with Gasteiger partial charge in [-0.2, -0.15) is 0 Å². The van der Waals surface area contributed by atoms with Crippen molar-refractivity contribution in [2.24, 2.45) is 0 Å². The highest BCUT2D eigenvalue weighted by atomic mass is 79.9. The number of halogens is 1. The van der Waals surface area contributed by atoms with Gasteiger partial charge >= 0.3 is 5.69 Å². The Morgan fingerprint density at radius 2 is 2.33 bits per heavy atom. The van der Waals surface area contributed by atoms with Crippen LogP contribution in [-0.4, -0.2) is 14.9 Å². The number of nitrogens with two attached hydrogens (primary N) is 1. The zero-order valence-corrected chi connectivity index (χ0v) is 9.33. The lowest BCUT2D eigenvalue weighted by atomic mass is 10.2.